The highest BCUT2D eigenvalue weighted by molar-refractivity contribution is 6.37. The fraction of sp³-hybridized carbons (Fsp3) is 0.214. The largest absolute Gasteiger partial charge is 0.369 e. The van der Waals surface area contributed by atoms with Gasteiger partial charge in [-0.3, -0.25) is 0 Å². The Kier molecular flexibility index (Phi) is 5.04. The molecule has 106 valence electrons. The lowest BCUT2D eigenvalue weighted by Gasteiger charge is -2.11. The van der Waals surface area contributed by atoms with E-state index in [9.17, 15) is 4.39 Å². The minimum atomic E-state index is -0.271. The van der Waals surface area contributed by atoms with Crippen molar-refractivity contribution >= 4 is 34.8 Å². The van der Waals surface area contributed by atoms with Gasteiger partial charge in [0.25, 0.3) is 0 Å². The molecule has 0 fully saturated rings. The van der Waals surface area contributed by atoms with E-state index >= 15 is 0 Å². The van der Waals surface area contributed by atoms with E-state index < -0.39 is 0 Å². The number of nitrogens with zero attached hydrogens (tertiary/aromatic N) is 1. The summed E-state index contributed by atoms with van der Waals surface area (Å²) in [6, 6.07) is 7.97. The van der Waals surface area contributed by atoms with Crippen LogP contribution in [-0.4, -0.2) is 11.5 Å². The molecule has 0 saturated heterocycles. The monoisotopic (exact) mass is 313 g/mol. The third-order valence-corrected chi connectivity index (χ3v) is 3.20. The van der Waals surface area contributed by atoms with E-state index in [0.717, 1.165) is 5.56 Å². The van der Waals surface area contributed by atoms with E-state index in [1.54, 1.807) is 12.1 Å². The molecule has 0 amide bonds. The van der Waals surface area contributed by atoms with Crippen LogP contribution in [0.15, 0.2) is 30.3 Å². The average molecular weight is 314 g/mol. The molecule has 2 aromatic rings. The Labute approximate surface area is 127 Å². The fourth-order valence-electron chi connectivity index (χ4n) is 1.71. The Balaban J connectivity index is 2.14. The lowest BCUT2D eigenvalue weighted by Crippen LogP contribution is -2.06. The second-order valence-electron chi connectivity index (χ2n) is 4.16. The smallest absolute Gasteiger partial charge is 0.147 e. The number of hydrogen-bond acceptors (Lipinski definition) is 3. The zero-order valence-electron chi connectivity index (χ0n) is 10.9. The van der Waals surface area contributed by atoms with Crippen LogP contribution in [0, 0.1) is 5.82 Å². The van der Waals surface area contributed by atoms with E-state index in [1.165, 1.54) is 12.1 Å². The maximum absolute atomic E-state index is 13.1. The van der Waals surface area contributed by atoms with Crippen LogP contribution in [0.3, 0.4) is 0 Å². The summed E-state index contributed by atoms with van der Waals surface area (Å²) in [5.74, 6) is 0.810. The van der Waals surface area contributed by atoms with Crippen LogP contribution in [0.1, 0.15) is 12.5 Å². The standard InChI is InChI=1S/C14H14Cl2FN3/c1-2-18-13-11(15)7-12(16)14(20-13)19-8-9-4-3-5-10(17)6-9/h3-7H,2,8H2,1H3,(H2,18,19,20). The first-order valence-corrected chi connectivity index (χ1v) is 6.94. The van der Waals surface area contributed by atoms with Crippen molar-refractivity contribution in [2.45, 2.75) is 13.5 Å². The average Bonchev–Trinajstić information content (AvgIpc) is 2.41. The van der Waals surface area contributed by atoms with Gasteiger partial charge >= 0.3 is 0 Å². The lowest BCUT2D eigenvalue weighted by molar-refractivity contribution is 0.626. The van der Waals surface area contributed by atoms with E-state index in [0.29, 0.717) is 34.8 Å². The van der Waals surface area contributed by atoms with Crippen LogP contribution in [0.25, 0.3) is 0 Å². The summed E-state index contributed by atoms with van der Waals surface area (Å²) in [6.07, 6.45) is 0. The molecule has 0 aliphatic heterocycles. The number of nitrogens with one attached hydrogen (secondary N) is 2. The summed E-state index contributed by atoms with van der Waals surface area (Å²) in [5, 5.41) is 7.01. The molecular weight excluding hydrogens is 300 g/mol. The first kappa shape index (κ1) is 14.9. The quantitative estimate of drug-likeness (QED) is 0.849. The topological polar surface area (TPSA) is 37.0 Å². The second kappa shape index (κ2) is 6.77. The Hall–Kier alpha value is -1.52. The summed E-state index contributed by atoms with van der Waals surface area (Å²) < 4.78 is 13.1. The predicted molar refractivity (Wildman–Crippen MR) is 82.1 cm³/mol. The van der Waals surface area contributed by atoms with Gasteiger partial charge in [0.15, 0.2) is 0 Å². The van der Waals surface area contributed by atoms with Gasteiger partial charge in [0.2, 0.25) is 0 Å². The highest BCUT2D eigenvalue weighted by Gasteiger charge is 2.08. The Morgan fingerprint density at radius 3 is 2.45 bits per heavy atom. The summed E-state index contributed by atoms with van der Waals surface area (Å²) in [5.41, 5.74) is 0.808. The highest BCUT2D eigenvalue weighted by Crippen LogP contribution is 2.29. The molecule has 0 unspecified atom stereocenters. The van der Waals surface area contributed by atoms with Crippen molar-refractivity contribution in [2.24, 2.45) is 0 Å². The van der Waals surface area contributed by atoms with Gasteiger partial charge in [0, 0.05) is 13.1 Å². The van der Waals surface area contributed by atoms with Gasteiger partial charge in [0.05, 0.1) is 10.0 Å². The molecular formula is C14H14Cl2FN3. The highest BCUT2D eigenvalue weighted by atomic mass is 35.5. The number of aromatic nitrogens is 1. The first-order valence-electron chi connectivity index (χ1n) is 6.18. The SMILES string of the molecule is CCNc1nc(NCc2cccc(F)c2)c(Cl)cc1Cl. The molecule has 0 spiro atoms. The van der Waals surface area contributed by atoms with E-state index in [4.69, 9.17) is 23.2 Å². The van der Waals surface area contributed by atoms with Gasteiger partial charge in [-0.15, -0.1) is 0 Å². The number of anilines is 2. The van der Waals surface area contributed by atoms with Crippen LogP contribution in [0.2, 0.25) is 10.0 Å². The third-order valence-electron chi connectivity index (χ3n) is 2.62. The number of pyridine rings is 1. The number of rotatable bonds is 5. The summed E-state index contributed by atoms with van der Waals surface area (Å²) in [4.78, 5) is 4.32. The molecule has 6 heteroatoms. The number of benzene rings is 1. The molecule has 0 saturated carbocycles. The van der Waals surface area contributed by atoms with Crippen LogP contribution in [-0.2, 0) is 6.54 Å². The van der Waals surface area contributed by atoms with E-state index in [1.807, 2.05) is 13.0 Å². The third kappa shape index (κ3) is 3.74. The van der Waals surface area contributed by atoms with Crippen molar-refractivity contribution in [3.05, 3.63) is 51.8 Å². The van der Waals surface area contributed by atoms with Gasteiger partial charge in [0.1, 0.15) is 17.5 Å². The molecule has 3 nitrogen and oxygen atoms in total. The maximum atomic E-state index is 13.1. The molecule has 0 atom stereocenters. The molecule has 1 heterocycles. The number of halogens is 3. The second-order valence-corrected chi connectivity index (χ2v) is 4.98. The first-order chi connectivity index (χ1) is 9.60. The van der Waals surface area contributed by atoms with Gasteiger partial charge in [-0.25, -0.2) is 9.37 Å². The van der Waals surface area contributed by atoms with Crippen LogP contribution >= 0.6 is 23.2 Å². The van der Waals surface area contributed by atoms with Gasteiger partial charge in [-0.05, 0) is 30.7 Å². The summed E-state index contributed by atoms with van der Waals surface area (Å²) >= 11 is 12.1. The fourth-order valence-corrected chi connectivity index (χ4v) is 2.21. The molecule has 0 bridgehead atoms. The molecule has 1 aromatic heterocycles. The van der Waals surface area contributed by atoms with Crippen molar-refractivity contribution in [2.75, 3.05) is 17.2 Å². The minimum Gasteiger partial charge on any atom is -0.369 e. The zero-order valence-corrected chi connectivity index (χ0v) is 12.4. The lowest BCUT2D eigenvalue weighted by atomic mass is 10.2. The van der Waals surface area contributed by atoms with Crippen LogP contribution < -0.4 is 10.6 Å². The molecule has 0 aliphatic carbocycles. The molecule has 20 heavy (non-hydrogen) atoms. The Morgan fingerprint density at radius 1 is 1.10 bits per heavy atom. The van der Waals surface area contributed by atoms with Crippen molar-refractivity contribution in [1.82, 2.24) is 4.98 Å². The Morgan fingerprint density at radius 2 is 1.80 bits per heavy atom. The van der Waals surface area contributed by atoms with E-state index in [2.05, 4.69) is 15.6 Å². The van der Waals surface area contributed by atoms with Crippen LogP contribution in [0.5, 0.6) is 0 Å². The summed E-state index contributed by atoms with van der Waals surface area (Å²) in [6.45, 7) is 3.09. The number of hydrogen-bond donors (Lipinski definition) is 2. The summed E-state index contributed by atoms with van der Waals surface area (Å²) in [7, 11) is 0. The van der Waals surface area contributed by atoms with Crippen LogP contribution in [0.4, 0.5) is 16.0 Å². The zero-order chi connectivity index (χ0) is 14.5. The molecule has 2 rings (SSSR count). The van der Waals surface area contributed by atoms with Gasteiger partial charge < -0.3 is 10.6 Å². The van der Waals surface area contributed by atoms with Crippen molar-refractivity contribution in [3.63, 3.8) is 0 Å². The van der Waals surface area contributed by atoms with Crippen molar-refractivity contribution in [1.29, 1.82) is 0 Å². The van der Waals surface area contributed by atoms with E-state index in [-0.39, 0.29) is 5.82 Å². The maximum Gasteiger partial charge on any atom is 0.147 e. The molecule has 0 aliphatic rings. The van der Waals surface area contributed by atoms with Gasteiger partial charge in [-0.2, -0.15) is 0 Å². The Bertz CT molecular complexity index is 605. The van der Waals surface area contributed by atoms with Gasteiger partial charge in [-0.1, -0.05) is 35.3 Å². The molecule has 1 aromatic carbocycles. The molecule has 2 N–H and O–H groups in total. The van der Waals surface area contributed by atoms with Crippen molar-refractivity contribution in [3.8, 4) is 0 Å². The minimum absolute atomic E-state index is 0.271. The van der Waals surface area contributed by atoms with Crippen molar-refractivity contribution < 1.29 is 4.39 Å². The molecule has 0 radical (unpaired) electrons. The predicted octanol–water partition coefficient (Wildman–Crippen LogP) is 4.57. The normalized spacial score (nSPS) is 10.4.